The Kier molecular flexibility index (Phi) is 15.0. The lowest BCUT2D eigenvalue weighted by molar-refractivity contribution is 1.17. The van der Waals surface area contributed by atoms with E-state index in [1.807, 2.05) is 0 Å². The minimum atomic E-state index is 1.09. The summed E-state index contributed by atoms with van der Waals surface area (Å²) in [6.45, 7) is 0. The molecular weight excluding hydrogens is 1450 g/mol. The molecule has 0 aliphatic carbocycles. The molecule has 0 N–H and O–H groups in total. The minimum absolute atomic E-state index is 1.09. The molecule has 0 unspecified atom stereocenters. The van der Waals surface area contributed by atoms with Crippen LogP contribution in [0.4, 0.5) is 34.1 Å². The minimum Gasteiger partial charge on any atom is -0.310 e. The van der Waals surface area contributed by atoms with Crippen molar-refractivity contribution in [3.8, 4) is 44.8 Å². The lowest BCUT2D eigenvalue weighted by atomic mass is 9.92. The maximum atomic E-state index is 2.45. The summed E-state index contributed by atoms with van der Waals surface area (Å²) in [7, 11) is 0. The number of benzene rings is 20. The van der Waals surface area contributed by atoms with Gasteiger partial charge in [0, 0.05) is 110 Å². The third-order valence-electron chi connectivity index (χ3n) is 25.5. The summed E-state index contributed by atoms with van der Waals surface area (Å²) in [6, 6.07) is 160. The molecule has 0 amide bonds. The summed E-state index contributed by atoms with van der Waals surface area (Å²) in [5.74, 6) is 0. The number of aromatic nitrogens is 4. The molecule has 0 atom stereocenters. The molecule has 6 aromatic heterocycles. The molecular formula is C114H72N6. The summed E-state index contributed by atoms with van der Waals surface area (Å²) >= 11 is 0. The number of anilines is 6. The van der Waals surface area contributed by atoms with Crippen molar-refractivity contribution in [2.75, 3.05) is 9.80 Å². The molecule has 6 nitrogen and oxygen atoms in total. The van der Waals surface area contributed by atoms with Gasteiger partial charge in [-0.2, -0.15) is 0 Å². The number of hydrogen-bond acceptors (Lipinski definition) is 2. The van der Waals surface area contributed by atoms with Crippen LogP contribution in [0.25, 0.3) is 197 Å². The van der Waals surface area contributed by atoms with E-state index in [1.54, 1.807) is 0 Å². The highest BCUT2D eigenvalue weighted by molar-refractivity contribution is 6.28. The summed E-state index contributed by atoms with van der Waals surface area (Å²) in [4.78, 5) is 4.80. The van der Waals surface area contributed by atoms with Crippen LogP contribution in [-0.4, -0.2) is 17.9 Å². The van der Waals surface area contributed by atoms with Gasteiger partial charge in [0.15, 0.2) is 0 Å². The summed E-state index contributed by atoms with van der Waals surface area (Å²) in [5, 5.41) is 23.0. The van der Waals surface area contributed by atoms with Gasteiger partial charge in [-0.3, -0.25) is 0 Å². The van der Waals surface area contributed by atoms with E-state index in [0.717, 1.165) is 45.5 Å². The van der Waals surface area contributed by atoms with E-state index in [2.05, 4.69) is 465 Å². The van der Waals surface area contributed by atoms with E-state index in [1.165, 1.54) is 185 Å². The van der Waals surface area contributed by atoms with E-state index >= 15 is 0 Å². The summed E-state index contributed by atoms with van der Waals surface area (Å²) in [6.07, 6.45) is 0. The fourth-order valence-electron chi connectivity index (χ4n) is 20.1. The first-order chi connectivity index (χ1) is 59.5. The van der Waals surface area contributed by atoms with Crippen LogP contribution in [-0.2, 0) is 0 Å². The van der Waals surface area contributed by atoms with E-state index in [9.17, 15) is 0 Å². The van der Waals surface area contributed by atoms with Crippen LogP contribution in [0.5, 0.6) is 0 Å². The van der Waals surface area contributed by atoms with E-state index in [0.29, 0.717) is 0 Å². The van der Waals surface area contributed by atoms with Crippen molar-refractivity contribution in [1.82, 2.24) is 17.9 Å². The summed E-state index contributed by atoms with van der Waals surface area (Å²) < 4.78 is 9.67. The van der Waals surface area contributed by atoms with Gasteiger partial charge in [0.05, 0.1) is 55.2 Å². The third kappa shape index (κ3) is 10.3. The van der Waals surface area contributed by atoms with Crippen LogP contribution in [0.1, 0.15) is 0 Å². The molecule has 20 aromatic carbocycles. The van der Waals surface area contributed by atoms with E-state index in [-0.39, 0.29) is 0 Å². The van der Waals surface area contributed by atoms with Crippen molar-refractivity contribution in [1.29, 1.82) is 0 Å². The van der Waals surface area contributed by atoms with Crippen LogP contribution < -0.4 is 9.80 Å². The molecule has 26 aromatic rings. The third-order valence-corrected chi connectivity index (χ3v) is 25.5. The van der Waals surface area contributed by atoms with Crippen LogP contribution >= 0.6 is 0 Å². The number of para-hydroxylation sites is 8. The maximum absolute atomic E-state index is 2.45. The number of rotatable bonds is 11. The van der Waals surface area contributed by atoms with Crippen molar-refractivity contribution in [3.63, 3.8) is 0 Å². The Morgan fingerprint density at radius 3 is 0.750 bits per heavy atom. The van der Waals surface area contributed by atoms with Gasteiger partial charge < -0.3 is 27.7 Å². The Hall–Kier alpha value is -16.0. The second kappa shape index (κ2) is 26.8. The smallest absolute Gasteiger partial charge is 0.0620 e. The standard InChI is InChI=1S/C60H37N3.C54H35N3/c1-2-14-46-44(12-1)45-13-3-4-15-47(45)54-36-39(26-34-48(46)54)38-24-27-40(28-25-38)61(41-29-31-42(32-30-41)62-56-21-8-5-16-49(56)50-17-6-9-22-57(50)62)43-33-35-59-55(37-43)53-20-11-19-52-51-18-7-10-23-58(51)63(59)60(52)53;1-2-11-36(12-3-1)37-21-23-38(24-22-37)39-25-27-40(28-26-39)55(41-29-31-42(32-30-41)56-50-18-7-4-13-44(50)45-14-5-8-19-51(45)56)43-33-34-53-49(35-43)48-17-10-16-47-46-15-6-9-20-52(46)57(53)54(47)48/h1-37H;1-35H. The van der Waals surface area contributed by atoms with Gasteiger partial charge in [-0.15, -0.1) is 0 Å². The van der Waals surface area contributed by atoms with Gasteiger partial charge in [-0.25, -0.2) is 0 Å². The Morgan fingerprint density at radius 2 is 0.375 bits per heavy atom. The zero-order chi connectivity index (χ0) is 78.6. The Morgan fingerprint density at radius 1 is 0.133 bits per heavy atom. The topological polar surface area (TPSA) is 25.2 Å². The van der Waals surface area contributed by atoms with Crippen LogP contribution in [0, 0.1) is 0 Å². The van der Waals surface area contributed by atoms with Gasteiger partial charge >= 0.3 is 0 Å². The molecule has 0 bridgehead atoms. The normalized spacial score (nSPS) is 12.0. The number of fused-ring (bicyclic) bond motifs is 24. The second-order valence-electron chi connectivity index (χ2n) is 31.8. The van der Waals surface area contributed by atoms with Crippen LogP contribution in [0.2, 0.25) is 0 Å². The van der Waals surface area contributed by atoms with Gasteiger partial charge in [-0.05, 0) is 217 Å². The van der Waals surface area contributed by atoms with E-state index in [4.69, 9.17) is 0 Å². The van der Waals surface area contributed by atoms with Gasteiger partial charge in [0.25, 0.3) is 0 Å². The highest BCUT2D eigenvalue weighted by atomic mass is 15.2. The predicted octanol–water partition coefficient (Wildman–Crippen LogP) is 31.3. The Bertz CT molecular complexity index is 8420. The number of nitrogens with zero attached hydrogens (tertiary/aromatic N) is 6. The molecule has 0 spiro atoms. The average Bonchev–Trinajstić information content (AvgIpc) is 1.53. The van der Waals surface area contributed by atoms with Crippen LogP contribution in [0.15, 0.2) is 437 Å². The lowest BCUT2D eigenvalue weighted by Crippen LogP contribution is -2.10. The highest BCUT2D eigenvalue weighted by Crippen LogP contribution is 2.48. The molecule has 26 rings (SSSR count). The largest absolute Gasteiger partial charge is 0.310 e. The Labute approximate surface area is 690 Å². The van der Waals surface area contributed by atoms with Crippen LogP contribution in [0.3, 0.4) is 0 Å². The molecule has 0 saturated carbocycles. The fraction of sp³-hybridized carbons (Fsp3) is 0. The van der Waals surface area contributed by atoms with E-state index < -0.39 is 0 Å². The van der Waals surface area contributed by atoms with Crippen molar-refractivity contribution < 1.29 is 0 Å². The highest BCUT2D eigenvalue weighted by Gasteiger charge is 2.25. The molecule has 0 aliphatic rings. The zero-order valence-electron chi connectivity index (χ0n) is 65.3. The van der Waals surface area contributed by atoms with Gasteiger partial charge in [0.1, 0.15) is 0 Å². The van der Waals surface area contributed by atoms with Crippen molar-refractivity contribution in [2.45, 2.75) is 0 Å². The molecule has 0 radical (unpaired) electrons. The molecule has 6 heteroatoms. The van der Waals surface area contributed by atoms with Gasteiger partial charge in [-0.1, -0.05) is 285 Å². The quantitative estimate of drug-likeness (QED) is 0.121. The first-order valence-corrected chi connectivity index (χ1v) is 41.4. The molecule has 0 aliphatic heterocycles. The molecule has 120 heavy (non-hydrogen) atoms. The van der Waals surface area contributed by atoms with Crippen molar-refractivity contribution in [3.05, 3.63) is 437 Å². The first kappa shape index (κ1) is 67.3. The molecule has 0 saturated heterocycles. The lowest BCUT2D eigenvalue weighted by Gasteiger charge is -2.26. The fourth-order valence-corrected chi connectivity index (χ4v) is 20.1. The molecule has 0 fully saturated rings. The number of hydrogen-bond donors (Lipinski definition) is 0. The predicted molar refractivity (Wildman–Crippen MR) is 509 cm³/mol. The van der Waals surface area contributed by atoms with Gasteiger partial charge in [0.2, 0.25) is 0 Å². The SMILES string of the molecule is c1ccc(-c2ccc(-c3ccc(N(c4ccc(-n5c6ccccc6c6ccccc65)cc4)c4ccc5c(c4)c4cccc6c7ccccc7n5c64)cc3)cc2)cc1.c1ccc2c(c1)c1ccccc1c1cc(-c3ccc(N(c4ccc(-n5c6ccccc6c6ccccc65)cc4)c4ccc5c(c4)c4cccc6c7ccccc7n5c64)cc3)ccc21. The summed E-state index contributed by atoms with van der Waals surface area (Å²) in [5.41, 5.74) is 28.5. The van der Waals surface area contributed by atoms with Crippen molar-refractivity contribution >= 4 is 186 Å². The van der Waals surface area contributed by atoms with Crippen molar-refractivity contribution in [2.24, 2.45) is 0 Å². The molecule has 558 valence electrons. The Balaban J connectivity index is 0.000000134. The first-order valence-electron chi connectivity index (χ1n) is 41.4. The molecule has 6 heterocycles. The maximum Gasteiger partial charge on any atom is 0.0620 e. The zero-order valence-corrected chi connectivity index (χ0v) is 65.3. The monoisotopic (exact) mass is 1520 g/mol. The average molecular weight is 1530 g/mol. The second-order valence-corrected chi connectivity index (χ2v) is 31.8.